The molecule has 0 aromatic carbocycles. The van der Waals surface area contributed by atoms with Gasteiger partial charge in [-0.05, 0) is 116 Å². The van der Waals surface area contributed by atoms with E-state index in [1.807, 2.05) is 19.1 Å². The molecule has 0 radical (unpaired) electrons. The number of nitrogens with one attached hydrogen (secondary N) is 1. The second-order valence-electron chi connectivity index (χ2n) is 19.3. The Morgan fingerprint density at radius 3 is 1.63 bits per heavy atom. The molecule has 0 bridgehead atoms. The van der Waals surface area contributed by atoms with Crippen LogP contribution in [0.1, 0.15) is 219 Å². The number of rotatable bonds is 47. The number of esters is 1. The third kappa shape index (κ3) is 39.0. The standard InChI is InChI=1S/C60H103NO10/c1-3-5-7-9-11-13-14-15-16-17-18-19-22-25-28-32-36-40-44-48-56(65)69-49-45-41-37-33-29-26-23-20-21-24-27-31-35-39-43-47-55(64)61-52(53(63)46-42-38-34-30-12-10-8-6-4-2)51-70-60-59(68)58(67)57(66)54(50-62)71-60/h4,6,11-13,15-16,20,23,26,29-30,42,46,52-54,57-60,62-63,66-68H,3,5,7-10,14,17-19,21-22,24-25,27-28,31-41,43-45,47-51H2,1-2H3,(H,61,64)/b6-4+,13-11-,16-15-,23-20-,29-26-,30-12+,46-42+. The minimum atomic E-state index is -1.59. The van der Waals surface area contributed by atoms with Gasteiger partial charge in [0.1, 0.15) is 24.4 Å². The van der Waals surface area contributed by atoms with Crippen LogP contribution in [0.2, 0.25) is 0 Å². The first kappa shape index (κ1) is 65.9. The molecule has 71 heavy (non-hydrogen) atoms. The van der Waals surface area contributed by atoms with E-state index >= 15 is 0 Å². The molecule has 0 aromatic rings. The lowest BCUT2D eigenvalue weighted by atomic mass is 9.99. The van der Waals surface area contributed by atoms with Gasteiger partial charge in [-0.15, -0.1) is 0 Å². The molecule has 1 fully saturated rings. The Balaban J connectivity index is 2.09. The van der Waals surface area contributed by atoms with E-state index in [1.54, 1.807) is 6.08 Å². The number of ether oxygens (including phenoxy) is 3. The van der Waals surface area contributed by atoms with Gasteiger partial charge in [-0.25, -0.2) is 0 Å². The van der Waals surface area contributed by atoms with E-state index in [9.17, 15) is 35.1 Å². The van der Waals surface area contributed by atoms with Crippen molar-refractivity contribution in [2.45, 2.75) is 262 Å². The summed E-state index contributed by atoms with van der Waals surface area (Å²) in [6.45, 7) is 3.96. The van der Waals surface area contributed by atoms with Crippen molar-refractivity contribution in [3.05, 3.63) is 85.1 Å². The second kappa shape index (κ2) is 49.1. The number of unbranched alkanes of at least 4 members (excludes halogenated alkanes) is 23. The Morgan fingerprint density at radius 1 is 0.563 bits per heavy atom. The number of carbonyl (C=O) groups excluding carboxylic acids is 2. The molecule has 0 aliphatic carbocycles. The molecular weight excluding hydrogens is 895 g/mol. The number of amides is 1. The van der Waals surface area contributed by atoms with Gasteiger partial charge in [0.25, 0.3) is 0 Å². The predicted molar refractivity (Wildman–Crippen MR) is 292 cm³/mol. The average molecular weight is 998 g/mol. The lowest BCUT2D eigenvalue weighted by molar-refractivity contribution is -0.302. The van der Waals surface area contributed by atoms with Gasteiger partial charge >= 0.3 is 5.97 Å². The van der Waals surface area contributed by atoms with Crippen LogP contribution in [0.5, 0.6) is 0 Å². The molecule has 1 amide bonds. The maximum atomic E-state index is 13.0. The minimum Gasteiger partial charge on any atom is -0.466 e. The Morgan fingerprint density at radius 2 is 1.06 bits per heavy atom. The van der Waals surface area contributed by atoms with Gasteiger partial charge in [-0.1, -0.05) is 175 Å². The highest BCUT2D eigenvalue weighted by atomic mass is 16.7. The van der Waals surface area contributed by atoms with Crippen LogP contribution in [0.3, 0.4) is 0 Å². The molecule has 11 nitrogen and oxygen atoms in total. The molecule has 0 spiro atoms. The fourth-order valence-electron chi connectivity index (χ4n) is 8.26. The Hall–Kier alpha value is -3.16. The van der Waals surface area contributed by atoms with Crippen LogP contribution in [-0.4, -0.2) is 100 Å². The van der Waals surface area contributed by atoms with E-state index in [2.05, 4.69) is 79.1 Å². The third-order valence-electron chi connectivity index (χ3n) is 12.8. The molecule has 7 unspecified atom stereocenters. The lowest BCUT2D eigenvalue weighted by Crippen LogP contribution is -2.60. The van der Waals surface area contributed by atoms with Crippen LogP contribution < -0.4 is 5.32 Å². The van der Waals surface area contributed by atoms with Crippen molar-refractivity contribution >= 4 is 11.9 Å². The summed E-state index contributed by atoms with van der Waals surface area (Å²) in [6, 6.07) is -0.852. The maximum absolute atomic E-state index is 13.0. The van der Waals surface area contributed by atoms with E-state index in [0.717, 1.165) is 103 Å². The van der Waals surface area contributed by atoms with E-state index in [4.69, 9.17) is 14.2 Å². The molecule has 1 aliphatic rings. The molecule has 1 aliphatic heterocycles. The summed E-state index contributed by atoms with van der Waals surface area (Å²) in [5, 5.41) is 54.1. The Labute approximate surface area is 432 Å². The minimum absolute atomic E-state index is 0.0480. The fraction of sp³-hybridized carbons (Fsp3) is 0.733. The summed E-state index contributed by atoms with van der Waals surface area (Å²) >= 11 is 0. The van der Waals surface area contributed by atoms with E-state index in [0.29, 0.717) is 32.3 Å². The Bertz CT molecular complexity index is 1450. The highest BCUT2D eigenvalue weighted by Gasteiger charge is 2.44. The number of aliphatic hydroxyl groups is 5. The molecular formula is C60H103NO10. The van der Waals surface area contributed by atoms with Gasteiger partial charge in [0.15, 0.2) is 6.29 Å². The smallest absolute Gasteiger partial charge is 0.305 e. The van der Waals surface area contributed by atoms with Crippen molar-refractivity contribution in [2.75, 3.05) is 19.8 Å². The van der Waals surface area contributed by atoms with Crippen molar-refractivity contribution in [2.24, 2.45) is 0 Å². The van der Waals surface area contributed by atoms with Crippen LogP contribution in [0.4, 0.5) is 0 Å². The van der Waals surface area contributed by atoms with Gasteiger partial charge in [-0.2, -0.15) is 0 Å². The second-order valence-corrected chi connectivity index (χ2v) is 19.3. The van der Waals surface area contributed by atoms with Gasteiger partial charge in [-0.3, -0.25) is 9.59 Å². The third-order valence-corrected chi connectivity index (χ3v) is 12.8. The van der Waals surface area contributed by atoms with Crippen molar-refractivity contribution in [1.82, 2.24) is 5.32 Å². The quantitative estimate of drug-likeness (QED) is 0.0149. The van der Waals surface area contributed by atoms with Crippen molar-refractivity contribution < 1.29 is 49.3 Å². The molecule has 11 heteroatoms. The van der Waals surface area contributed by atoms with Gasteiger partial charge in [0.2, 0.25) is 5.91 Å². The highest BCUT2D eigenvalue weighted by molar-refractivity contribution is 5.76. The SMILES string of the molecule is C/C=C/CC/C=C/CC/C=C/C(O)C(COC1OC(CO)C(O)C(O)C1O)NC(=O)CCCCCCCC/C=C\C=C/CCCCCOC(=O)CCCCCCCCCCC/C=C\C/C=C\CCCCC. The number of carbonyl (C=O) groups is 2. The fourth-order valence-corrected chi connectivity index (χ4v) is 8.26. The molecule has 6 N–H and O–H groups in total. The highest BCUT2D eigenvalue weighted by Crippen LogP contribution is 2.23. The van der Waals surface area contributed by atoms with Crippen LogP contribution in [-0.2, 0) is 23.8 Å². The lowest BCUT2D eigenvalue weighted by Gasteiger charge is -2.40. The normalized spacial score (nSPS) is 19.8. The maximum Gasteiger partial charge on any atom is 0.305 e. The Kier molecular flexibility index (Phi) is 45.5. The van der Waals surface area contributed by atoms with E-state index in [1.165, 1.54) is 77.0 Å². The summed E-state index contributed by atoms with van der Waals surface area (Å²) in [5.74, 6) is -0.273. The van der Waals surface area contributed by atoms with Crippen LogP contribution in [0, 0.1) is 0 Å². The zero-order chi connectivity index (χ0) is 51.7. The zero-order valence-electron chi connectivity index (χ0n) is 44.7. The summed E-state index contributed by atoms with van der Waals surface area (Å²) in [7, 11) is 0. The molecule has 0 aromatic heterocycles. The first-order chi connectivity index (χ1) is 34.7. The number of aliphatic hydroxyl groups excluding tert-OH is 5. The van der Waals surface area contributed by atoms with E-state index in [-0.39, 0.29) is 18.5 Å². The molecule has 1 saturated heterocycles. The molecule has 1 rings (SSSR count). The van der Waals surface area contributed by atoms with Gasteiger partial charge in [0, 0.05) is 12.8 Å². The number of hydrogen-bond acceptors (Lipinski definition) is 10. The number of hydrogen-bond donors (Lipinski definition) is 6. The predicted octanol–water partition coefficient (Wildman–Crippen LogP) is 12.6. The van der Waals surface area contributed by atoms with Crippen molar-refractivity contribution in [1.29, 1.82) is 0 Å². The summed E-state index contributed by atoms with van der Waals surface area (Å²) in [6.07, 6.45) is 55.6. The summed E-state index contributed by atoms with van der Waals surface area (Å²) in [5.41, 5.74) is 0. The topological polar surface area (TPSA) is 175 Å². The molecule has 0 saturated carbocycles. The van der Waals surface area contributed by atoms with Gasteiger partial charge < -0.3 is 45.1 Å². The van der Waals surface area contributed by atoms with Gasteiger partial charge in [0.05, 0.1) is 32.0 Å². The van der Waals surface area contributed by atoms with Crippen molar-refractivity contribution in [3.8, 4) is 0 Å². The van der Waals surface area contributed by atoms with Crippen molar-refractivity contribution in [3.63, 3.8) is 0 Å². The largest absolute Gasteiger partial charge is 0.466 e. The molecule has 7 atom stereocenters. The average Bonchev–Trinajstić information content (AvgIpc) is 3.37. The first-order valence-corrected chi connectivity index (χ1v) is 28.3. The monoisotopic (exact) mass is 998 g/mol. The molecule has 1 heterocycles. The molecule has 408 valence electrons. The van der Waals surface area contributed by atoms with Crippen LogP contribution in [0.15, 0.2) is 85.1 Å². The first-order valence-electron chi connectivity index (χ1n) is 28.3. The summed E-state index contributed by atoms with van der Waals surface area (Å²) in [4.78, 5) is 25.1. The summed E-state index contributed by atoms with van der Waals surface area (Å²) < 4.78 is 16.6. The van der Waals surface area contributed by atoms with Crippen LogP contribution in [0.25, 0.3) is 0 Å². The zero-order valence-corrected chi connectivity index (χ0v) is 44.7. The number of allylic oxidation sites excluding steroid dienone is 13. The van der Waals surface area contributed by atoms with E-state index < -0.39 is 49.5 Å². The van der Waals surface area contributed by atoms with Crippen LogP contribution >= 0.6 is 0 Å².